The van der Waals surface area contributed by atoms with Crippen molar-refractivity contribution in [1.82, 2.24) is 9.78 Å². The Balaban J connectivity index is 1.88. The Morgan fingerprint density at radius 3 is 2.68 bits per heavy atom. The van der Waals surface area contributed by atoms with E-state index in [4.69, 9.17) is 5.73 Å². The Labute approximate surface area is 116 Å². The zero-order valence-corrected chi connectivity index (χ0v) is 11.5. The second kappa shape index (κ2) is 4.97. The number of fused-ring (bicyclic) bond motifs is 1. The van der Waals surface area contributed by atoms with E-state index in [-0.39, 0.29) is 0 Å². The van der Waals surface area contributed by atoms with E-state index < -0.39 is 0 Å². The van der Waals surface area contributed by atoms with Crippen LogP contribution in [-0.4, -0.2) is 9.78 Å². The summed E-state index contributed by atoms with van der Waals surface area (Å²) >= 11 is 1.73. The first-order valence-corrected chi connectivity index (χ1v) is 7.12. The first-order valence-electron chi connectivity index (χ1n) is 6.13. The van der Waals surface area contributed by atoms with Crippen LogP contribution in [0.3, 0.4) is 0 Å². The molecule has 0 fully saturated rings. The highest BCUT2D eigenvalue weighted by Crippen LogP contribution is 2.29. The Hall–Kier alpha value is -1.94. The summed E-state index contributed by atoms with van der Waals surface area (Å²) in [7, 11) is 1.98. The number of aryl methyl sites for hydroxylation is 1. The first-order chi connectivity index (χ1) is 9.25. The van der Waals surface area contributed by atoms with Crippen molar-refractivity contribution in [2.45, 2.75) is 10.6 Å². The Morgan fingerprint density at radius 2 is 1.84 bits per heavy atom. The SMILES string of the molecule is Cn1nc(CSc2ccccc2N)c2ccccc21. The monoisotopic (exact) mass is 269 g/mol. The van der Waals surface area contributed by atoms with E-state index in [2.05, 4.69) is 23.3 Å². The Bertz CT molecular complexity index is 718. The largest absolute Gasteiger partial charge is 0.398 e. The summed E-state index contributed by atoms with van der Waals surface area (Å²) in [6, 6.07) is 16.2. The standard InChI is InChI=1S/C15H15N3S/c1-18-14-8-4-2-6-11(14)13(17-18)10-19-15-9-5-3-7-12(15)16/h2-9H,10,16H2,1H3. The summed E-state index contributed by atoms with van der Waals surface area (Å²) in [5.74, 6) is 0.829. The van der Waals surface area contributed by atoms with Gasteiger partial charge in [-0.1, -0.05) is 30.3 Å². The summed E-state index contributed by atoms with van der Waals surface area (Å²) in [6.07, 6.45) is 0. The normalized spacial score (nSPS) is 11.0. The summed E-state index contributed by atoms with van der Waals surface area (Å²) < 4.78 is 1.93. The topological polar surface area (TPSA) is 43.8 Å². The maximum absolute atomic E-state index is 5.96. The molecule has 0 unspecified atom stereocenters. The molecule has 0 saturated carbocycles. The van der Waals surface area contributed by atoms with E-state index in [1.807, 2.05) is 42.1 Å². The third-order valence-electron chi connectivity index (χ3n) is 3.12. The molecule has 3 rings (SSSR count). The van der Waals surface area contributed by atoms with Gasteiger partial charge in [-0.15, -0.1) is 11.8 Å². The molecule has 0 atom stereocenters. The number of hydrogen-bond donors (Lipinski definition) is 1. The molecular formula is C15H15N3S. The van der Waals surface area contributed by atoms with Gasteiger partial charge in [0.2, 0.25) is 0 Å². The van der Waals surface area contributed by atoms with Crippen molar-refractivity contribution >= 4 is 28.4 Å². The molecule has 3 nitrogen and oxygen atoms in total. The molecule has 0 aliphatic rings. The van der Waals surface area contributed by atoms with Crippen LogP contribution < -0.4 is 5.73 Å². The van der Waals surface area contributed by atoms with E-state index in [1.165, 1.54) is 10.9 Å². The molecule has 0 bridgehead atoms. The second-order valence-corrected chi connectivity index (χ2v) is 5.43. The van der Waals surface area contributed by atoms with Gasteiger partial charge in [0.05, 0.1) is 11.2 Å². The van der Waals surface area contributed by atoms with Crippen molar-refractivity contribution in [2.75, 3.05) is 5.73 Å². The van der Waals surface area contributed by atoms with Crippen molar-refractivity contribution < 1.29 is 0 Å². The molecular weight excluding hydrogens is 254 g/mol. The lowest BCUT2D eigenvalue weighted by Crippen LogP contribution is -1.91. The minimum absolute atomic E-state index is 0.827. The number of nitrogens with zero attached hydrogens (tertiary/aromatic N) is 2. The lowest BCUT2D eigenvalue weighted by molar-refractivity contribution is 0.781. The van der Waals surface area contributed by atoms with Gasteiger partial charge >= 0.3 is 0 Å². The molecule has 0 radical (unpaired) electrons. The summed E-state index contributed by atoms with van der Waals surface area (Å²) in [5, 5.41) is 5.80. The van der Waals surface area contributed by atoms with E-state index >= 15 is 0 Å². The highest BCUT2D eigenvalue weighted by atomic mass is 32.2. The van der Waals surface area contributed by atoms with Gasteiger partial charge in [-0.2, -0.15) is 5.10 Å². The first kappa shape index (κ1) is 12.1. The average Bonchev–Trinajstić information content (AvgIpc) is 2.75. The van der Waals surface area contributed by atoms with Crippen molar-refractivity contribution in [3.05, 3.63) is 54.2 Å². The van der Waals surface area contributed by atoms with Crippen LogP contribution in [-0.2, 0) is 12.8 Å². The van der Waals surface area contributed by atoms with Gasteiger partial charge < -0.3 is 5.73 Å². The minimum atomic E-state index is 0.827. The van der Waals surface area contributed by atoms with Crippen LogP contribution in [0.25, 0.3) is 10.9 Å². The van der Waals surface area contributed by atoms with Crippen LogP contribution >= 0.6 is 11.8 Å². The fourth-order valence-electron chi connectivity index (χ4n) is 2.15. The number of para-hydroxylation sites is 2. The van der Waals surface area contributed by atoms with E-state index in [0.717, 1.165) is 22.0 Å². The quantitative estimate of drug-likeness (QED) is 0.585. The van der Waals surface area contributed by atoms with Gasteiger partial charge in [0.25, 0.3) is 0 Å². The molecule has 96 valence electrons. The number of benzene rings is 2. The van der Waals surface area contributed by atoms with E-state index in [1.54, 1.807) is 11.8 Å². The van der Waals surface area contributed by atoms with Gasteiger partial charge in [-0.3, -0.25) is 4.68 Å². The zero-order valence-electron chi connectivity index (χ0n) is 10.7. The minimum Gasteiger partial charge on any atom is -0.398 e. The number of nitrogens with two attached hydrogens (primary N) is 1. The molecule has 0 spiro atoms. The smallest absolute Gasteiger partial charge is 0.0805 e. The van der Waals surface area contributed by atoms with Crippen molar-refractivity contribution in [1.29, 1.82) is 0 Å². The maximum Gasteiger partial charge on any atom is 0.0805 e. The molecule has 0 aliphatic carbocycles. The molecule has 19 heavy (non-hydrogen) atoms. The molecule has 1 heterocycles. The van der Waals surface area contributed by atoms with E-state index in [0.29, 0.717) is 0 Å². The summed E-state index contributed by atoms with van der Waals surface area (Å²) in [6.45, 7) is 0. The van der Waals surface area contributed by atoms with Gasteiger partial charge in [0.1, 0.15) is 0 Å². The number of anilines is 1. The molecule has 2 N–H and O–H groups in total. The predicted molar refractivity (Wildman–Crippen MR) is 81.1 cm³/mol. The Kier molecular flexibility index (Phi) is 3.17. The molecule has 0 saturated heterocycles. The third kappa shape index (κ3) is 2.31. The number of thioether (sulfide) groups is 1. The average molecular weight is 269 g/mol. The molecule has 0 aliphatic heterocycles. The molecule has 1 aromatic heterocycles. The van der Waals surface area contributed by atoms with Gasteiger partial charge in [0, 0.05) is 28.8 Å². The molecule has 0 amide bonds. The van der Waals surface area contributed by atoms with Crippen LogP contribution in [0.2, 0.25) is 0 Å². The maximum atomic E-state index is 5.96. The fraction of sp³-hybridized carbons (Fsp3) is 0.133. The van der Waals surface area contributed by atoms with Crippen molar-refractivity contribution in [2.24, 2.45) is 7.05 Å². The van der Waals surface area contributed by atoms with Crippen molar-refractivity contribution in [3.63, 3.8) is 0 Å². The predicted octanol–water partition coefficient (Wildman–Crippen LogP) is 3.45. The number of aromatic nitrogens is 2. The zero-order chi connectivity index (χ0) is 13.2. The highest BCUT2D eigenvalue weighted by Gasteiger charge is 2.08. The number of hydrogen-bond acceptors (Lipinski definition) is 3. The van der Waals surface area contributed by atoms with Crippen molar-refractivity contribution in [3.8, 4) is 0 Å². The van der Waals surface area contributed by atoms with Gasteiger partial charge in [0.15, 0.2) is 0 Å². The number of rotatable bonds is 3. The number of nitrogen functional groups attached to an aromatic ring is 1. The van der Waals surface area contributed by atoms with Crippen LogP contribution in [0.1, 0.15) is 5.69 Å². The third-order valence-corrected chi connectivity index (χ3v) is 4.22. The summed E-state index contributed by atoms with van der Waals surface area (Å²) in [4.78, 5) is 1.11. The molecule has 3 aromatic rings. The van der Waals surface area contributed by atoms with Crippen LogP contribution in [0, 0.1) is 0 Å². The Morgan fingerprint density at radius 1 is 1.11 bits per heavy atom. The van der Waals surface area contributed by atoms with Gasteiger partial charge in [-0.05, 0) is 18.2 Å². The lowest BCUT2D eigenvalue weighted by Gasteiger charge is -2.03. The van der Waals surface area contributed by atoms with Crippen LogP contribution in [0.4, 0.5) is 5.69 Å². The van der Waals surface area contributed by atoms with Crippen LogP contribution in [0.15, 0.2) is 53.4 Å². The van der Waals surface area contributed by atoms with E-state index in [9.17, 15) is 0 Å². The lowest BCUT2D eigenvalue weighted by atomic mass is 10.2. The molecule has 4 heteroatoms. The highest BCUT2D eigenvalue weighted by molar-refractivity contribution is 7.98. The second-order valence-electron chi connectivity index (χ2n) is 4.41. The van der Waals surface area contributed by atoms with Crippen LogP contribution in [0.5, 0.6) is 0 Å². The summed E-state index contributed by atoms with van der Waals surface area (Å²) in [5.41, 5.74) is 9.05. The van der Waals surface area contributed by atoms with Gasteiger partial charge in [-0.25, -0.2) is 0 Å². The fourth-order valence-corrected chi connectivity index (χ4v) is 3.07. The molecule has 2 aromatic carbocycles.